The second-order valence-corrected chi connectivity index (χ2v) is 7.05. The molecule has 1 aromatic rings. The van der Waals surface area contributed by atoms with Crippen LogP contribution in [-0.2, 0) is 9.59 Å². The van der Waals surface area contributed by atoms with Gasteiger partial charge in [-0.1, -0.05) is 12.5 Å². The van der Waals surface area contributed by atoms with E-state index in [0.29, 0.717) is 18.0 Å². The summed E-state index contributed by atoms with van der Waals surface area (Å²) in [5.74, 6) is 0.385. The van der Waals surface area contributed by atoms with Gasteiger partial charge in [0, 0.05) is 36.6 Å². The summed E-state index contributed by atoms with van der Waals surface area (Å²) < 4.78 is 11.0. The number of hydrogen-bond donors (Lipinski definition) is 1. The van der Waals surface area contributed by atoms with Gasteiger partial charge >= 0.3 is 5.97 Å². The van der Waals surface area contributed by atoms with Gasteiger partial charge in [-0.15, -0.1) is 0 Å². The maximum absolute atomic E-state index is 12.6. The summed E-state index contributed by atoms with van der Waals surface area (Å²) in [7, 11) is 1.58. The van der Waals surface area contributed by atoms with E-state index in [4.69, 9.17) is 9.47 Å². The minimum Gasteiger partial charge on any atom is -0.497 e. The highest BCUT2D eigenvalue weighted by molar-refractivity contribution is 5.84. The van der Waals surface area contributed by atoms with Crippen molar-refractivity contribution in [3.8, 4) is 11.5 Å². The van der Waals surface area contributed by atoms with Crippen LogP contribution >= 0.6 is 0 Å². The first-order valence-corrected chi connectivity index (χ1v) is 8.38. The van der Waals surface area contributed by atoms with Crippen molar-refractivity contribution in [2.24, 2.45) is 11.3 Å². The molecule has 1 N–H and O–H groups in total. The Kier molecular flexibility index (Phi) is 3.44. The van der Waals surface area contributed by atoms with Crippen LogP contribution in [0.4, 0.5) is 0 Å². The number of benzene rings is 1. The zero-order valence-electron chi connectivity index (χ0n) is 13.7. The number of aliphatic carboxylic acids is 1. The molecule has 1 saturated heterocycles. The van der Waals surface area contributed by atoms with Crippen LogP contribution in [0.5, 0.6) is 11.5 Å². The van der Waals surface area contributed by atoms with E-state index in [0.717, 1.165) is 24.8 Å². The molecule has 6 nitrogen and oxygen atoms in total. The number of carbonyl (C=O) groups is 2. The van der Waals surface area contributed by atoms with Crippen LogP contribution in [0.15, 0.2) is 18.2 Å². The molecule has 0 aromatic heterocycles. The minimum absolute atomic E-state index is 0.0762. The molecule has 2 heterocycles. The van der Waals surface area contributed by atoms with Crippen molar-refractivity contribution in [3.63, 3.8) is 0 Å². The minimum atomic E-state index is -1.05. The van der Waals surface area contributed by atoms with E-state index in [1.807, 2.05) is 12.1 Å². The second kappa shape index (κ2) is 5.40. The van der Waals surface area contributed by atoms with E-state index in [1.54, 1.807) is 18.1 Å². The Bertz CT molecular complexity index is 699. The van der Waals surface area contributed by atoms with E-state index in [9.17, 15) is 14.7 Å². The molecular formula is C18H21NO5. The van der Waals surface area contributed by atoms with Gasteiger partial charge in [0.25, 0.3) is 0 Å². The van der Waals surface area contributed by atoms with Crippen LogP contribution in [0.25, 0.3) is 0 Å². The zero-order chi connectivity index (χ0) is 16.9. The molecule has 24 heavy (non-hydrogen) atoms. The van der Waals surface area contributed by atoms with Crippen LogP contribution in [-0.4, -0.2) is 48.7 Å². The van der Waals surface area contributed by atoms with Crippen LogP contribution in [0.2, 0.25) is 0 Å². The summed E-state index contributed by atoms with van der Waals surface area (Å²) in [5.41, 5.74) is -0.200. The molecule has 0 radical (unpaired) electrons. The first kappa shape index (κ1) is 15.3. The van der Waals surface area contributed by atoms with Crippen molar-refractivity contribution in [2.45, 2.75) is 25.2 Å². The lowest BCUT2D eigenvalue weighted by Gasteiger charge is -2.35. The lowest BCUT2D eigenvalue weighted by atomic mass is 9.73. The quantitative estimate of drug-likeness (QED) is 0.915. The van der Waals surface area contributed by atoms with Gasteiger partial charge in [-0.25, -0.2) is 0 Å². The van der Waals surface area contributed by atoms with Gasteiger partial charge < -0.3 is 19.5 Å². The molecule has 128 valence electrons. The number of hydrogen-bond acceptors (Lipinski definition) is 4. The largest absolute Gasteiger partial charge is 0.497 e. The topological polar surface area (TPSA) is 76.1 Å². The number of carboxylic acid groups (broad SMARTS) is 1. The Labute approximate surface area is 140 Å². The van der Waals surface area contributed by atoms with Gasteiger partial charge in [0.05, 0.1) is 7.11 Å². The molecule has 1 aliphatic carbocycles. The standard InChI is InChI=1S/C18H21NO5/c1-23-12-5-6-13-14-8-19(16(20)11-3-2-4-11)9-18(14,17(21)22)10-24-15(13)7-12/h5-7,11,14H,2-4,8-10H2,1H3,(H,21,22)/t14-,18-/m1/s1. The van der Waals surface area contributed by atoms with Crippen LogP contribution in [0.1, 0.15) is 30.7 Å². The summed E-state index contributed by atoms with van der Waals surface area (Å²) in [6, 6.07) is 5.47. The maximum atomic E-state index is 12.6. The number of ether oxygens (including phenoxy) is 2. The number of likely N-dealkylation sites (tertiary alicyclic amines) is 1. The number of amides is 1. The molecule has 3 aliphatic rings. The summed E-state index contributed by atoms with van der Waals surface area (Å²) >= 11 is 0. The van der Waals surface area contributed by atoms with Gasteiger partial charge in [-0.3, -0.25) is 9.59 Å². The molecule has 4 rings (SSSR count). The molecule has 0 bridgehead atoms. The van der Waals surface area contributed by atoms with Gasteiger partial charge in [-0.05, 0) is 18.9 Å². The fourth-order valence-corrected chi connectivity index (χ4v) is 4.07. The molecule has 1 amide bonds. The van der Waals surface area contributed by atoms with E-state index in [-0.39, 0.29) is 30.9 Å². The van der Waals surface area contributed by atoms with E-state index < -0.39 is 11.4 Å². The molecule has 1 saturated carbocycles. The van der Waals surface area contributed by atoms with Gasteiger partial charge in [0.2, 0.25) is 5.91 Å². The lowest BCUT2D eigenvalue weighted by Crippen LogP contribution is -2.46. The molecular weight excluding hydrogens is 310 g/mol. The third kappa shape index (κ3) is 2.08. The first-order chi connectivity index (χ1) is 11.5. The highest BCUT2D eigenvalue weighted by Crippen LogP contribution is 2.51. The van der Waals surface area contributed by atoms with E-state index in [2.05, 4.69) is 0 Å². The number of rotatable bonds is 3. The Morgan fingerprint density at radius 3 is 2.79 bits per heavy atom. The highest BCUT2D eigenvalue weighted by Gasteiger charge is 2.58. The number of carbonyl (C=O) groups excluding carboxylic acids is 1. The normalized spacial score (nSPS) is 28.4. The van der Waals surface area contributed by atoms with Crippen molar-refractivity contribution in [2.75, 3.05) is 26.8 Å². The van der Waals surface area contributed by atoms with E-state index in [1.165, 1.54) is 0 Å². The molecule has 2 aliphatic heterocycles. The van der Waals surface area contributed by atoms with Crippen LogP contribution < -0.4 is 9.47 Å². The molecule has 2 fully saturated rings. The van der Waals surface area contributed by atoms with Crippen molar-refractivity contribution >= 4 is 11.9 Å². The SMILES string of the molecule is COc1ccc2c(c1)OC[C@]1(C(=O)O)CN(C(=O)C3CCC3)C[C@H]21. The van der Waals surface area contributed by atoms with Crippen molar-refractivity contribution in [1.29, 1.82) is 0 Å². The second-order valence-electron chi connectivity index (χ2n) is 7.05. The Hall–Kier alpha value is -2.24. The van der Waals surface area contributed by atoms with Crippen LogP contribution in [0.3, 0.4) is 0 Å². The predicted molar refractivity (Wildman–Crippen MR) is 85.2 cm³/mol. The van der Waals surface area contributed by atoms with Gasteiger partial charge in [-0.2, -0.15) is 0 Å². The van der Waals surface area contributed by atoms with Crippen LogP contribution in [0, 0.1) is 11.3 Å². The maximum Gasteiger partial charge on any atom is 0.315 e. The zero-order valence-corrected chi connectivity index (χ0v) is 13.7. The predicted octanol–water partition coefficient (Wildman–Crippen LogP) is 1.88. The lowest BCUT2D eigenvalue weighted by molar-refractivity contribution is -0.152. The summed E-state index contributed by atoms with van der Waals surface area (Å²) in [6.45, 7) is 0.764. The Morgan fingerprint density at radius 2 is 2.17 bits per heavy atom. The molecule has 1 aromatic carbocycles. The fourth-order valence-electron chi connectivity index (χ4n) is 4.07. The molecule has 0 spiro atoms. The molecule has 2 atom stereocenters. The third-order valence-corrected chi connectivity index (χ3v) is 5.82. The fraction of sp³-hybridized carbons (Fsp3) is 0.556. The monoisotopic (exact) mass is 331 g/mol. The average molecular weight is 331 g/mol. The third-order valence-electron chi connectivity index (χ3n) is 5.82. The smallest absolute Gasteiger partial charge is 0.315 e. The van der Waals surface area contributed by atoms with E-state index >= 15 is 0 Å². The summed E-state index contributed by atoms with van der Waals surface area (Å²) in [6.07, 6.45) is 2.93. The summed E-state index contributed by atoms with van der Waals surface area (Å²) in [4.78, 5) is 26.4. The van der Waals surface area contributed by atoms with Gasteiger partial charge in [0.15, 0.2) is 0 Å². The molecule has 6 heteroatoms. The molecule has 0 unspecified atom stereocenters. The first-order valence-electron chi connectivity index (χ1n) is 8.38. The average Bonchev–Trinajstić information content (AvgIpc) is 2.94. The van der Waals surface area contributed by atoms with Crippen molar-refractivity contribution in [1.82, 2.24) is 4.90 Å². The summed E-state index contributed by atoms with van der Waals surface area (Å²) in [5, 5.41) is 9.89. The Balaban J connectivity index is 1.69. The highest BCUT2D eigenvalue weighted by atomic mass is 16.5. The van der Waals surface area contributed by atoms with Crippen molar-refractivity contribution in [3.05, 3.63) is 23.8 Å². The number of carboxylic acids is 1. The number of methoxy groups -OCH3 is 1. The van der Waals surface area contributed by atoms with Gasteiger partial charge in [0.1, 0.15) is 23.5 Å². The van der Waals surface area contributed by atoms with Crippen molar-refractivity contribution < 1.29 is 24.2 Å². The Morgan fingerprint density at radius 1 is 1.38 bits per heavy atom. The number of fused-ring (bicyclic) bond motifs is 3. The number of nitrogens with zero attached hydrogens (tertiary/aromatic N) is 1.